The van der Waals surface area contributed by atoms with Crippen LogP contribution in [0.3, 0.4) is 0 Å². The molecule has 2 aromatic rings. The first-order chi connectivity index (χ1) is 16.5. The van der Waals surface area contributed by atoms with Crippen LogP contribution >= 0.6 is 0 Å². The Balaban J connectivity index is 1.45. The molecule has 1 aromatic heterocycles. The Morgan fingerprint density at radius 1 is 1.21 bits per heavy atom. The van der Waals surface area contributed by atoms with E-state index < -0.39 is 6.04 Å². The Labute approximate surface area is 199 Å². The highest BCUT2D eigenvalue weighted by atomic mass is 16.5. The number of aromatic nitrogens is 1. The van der Waals surface area contributed by atoms with Crippen molar-refractivity contribution >= 4 is 22.7 Å². The van der Waals surface area contributed by atoms with Crippen molar-refractivity contribution in [3.63, 3.8) is 0 Å². The van der Waals surface area contributed by atoms with Crippen molar-refractivity contribution in [1.82, 2.24) is 19.7 Å². The molecular formula is C25H34N4O5. The van der Waals surface area contributed by atoms with Crippen molar-refractivity contribution in [3.8, 4) is 5.75 Å². The molecule has 1 aromatic carbocycles. The number of aliphatic hydroxyl groups is 1. The van der Waals surface area contributed by atoms with Gasteiger partial charge in [0.1, 0.15) is 5.75 Å². The number of aliphatic hydroxyl groups excluding tert-OH is 1. The smallest absolute Gasteiger partial charge is 0.236 e. The van der Waals surface area contributed by atoms with E-state index in [1.54, 1.807) is 18.9 Å². The first kappa shape index (κ1) is 23.1. The highest BCUT2D eigenvalue weighted by molar-refractivity contribution is 5.89. The SMILES string of the molecule is COc1ccc2c3c([nH]c2c1)[C@H](CO)N(C(C)=O)CC31CCN(C(=O)CN2CCOCC2)CC1. The highest BCUT2D eigenvalue weighted by Crippen LogP contribution is 2.49. The molecule has 2 saturated heterocycles. The lowest BCUT2D eigenvalue weighted by Gasteiger charge is -2.50. The lowest BCUT2D eigenvalue weighted by molar-refractivity contribution is -0.138. The van der Waals surface area contributed by atoms with Gasteiger partial charge >= 0.3 is 0 Å². The first-order valence-corrected chi connectivity index (χ1v) is 12.1. The predicted molar refractivity (Wildman–Crippen MR) is 127 cm³/mol. The van der Waals surface area contributed by atoms with Crippen molar-refractivity contribution in [3.05, 3.63) is 29.5 Å². The maximum atomic E-state index is 13.0. The second-order valence-corrected chi connectivity index (χ2v) is 9.72. The summed E-state index contributed by atoms with van der Waals surface area (Å²) in [5.41, 5.74) is 2.76. The summed E-state index contributed by atoms with van der Waals surface area (Å²) < 4.78 is 10.8. The molecule has 0 aliphatic carbocycles. The number of aromatic amines is 1. The molecule has 0 unspecified atom stereocenters. The summed E-state index contributed by atoms with van der Waals surface area (Å²) >= 11 is 0. The number of H-pyrrole nitrogens is 1. The zero-order valence-electron chi connectivity index (χ0n) is 20.0. The number of methoxy groups -OCH3 is 1. The van der Waals surface area contributed by atoms with Crippen molar-refractivity contribution in [2.45, 2.75) is 31.2 Å². The van der Waals surface area contributed by atoms with Crippen molar-refractivity contribution < 1.29 is 24.2 Å². The van der Waals surface area contributed by atoms with Gasteiger partial charge in [-0.05, 0) is 30.5 Å². The first-order valence-electron chi connectivity index (χ1n) is 12.1. The van der Waals surface area contributed by atoms with E-state index >= 15 is 0 Å². The van der Waals surface area contributed by atoms with Crippen LogP contribution in [0.1, 0.15) is 37.1 Å². The second kappa shape index (κ2) is 9.20. The summed E-state index contributed by atoms with van der Waals surface area (Å²) in [5.74, 6) is 0.867. The van der Waals surface area contributed by atoms with Crippen LogP contribution in [0.25, 0.3) is 10.9 Å². The molecule has 0 saturated carbocycles. The highest BCUT2D eigenvalue weighted by Gasteiger charge is 2.48. The van der Waals surface area contributed by atoms with E-state index in [1.165, 1.54) is 5.56 Å². The number of hydrogen-bond acceptors (Lipinski definition) is 6. The third kappa shape index (κ3) is 3.95. The molecule has 1 spiro atoms. The maximum Gasteiger partial charge on any atom is 0.236 e. The summed E-state index contributed by atoms with van der Waals surface area (Å²) in [5, 5.41) is 11.3. The zero-order chi connectivity index (χ0) is 23.9. The molecule has 9 heteroatoms. The predicted octanol–water partition coefficient (Wildman–Crippen LogP) is 1.26. The number of fused-ring (bicyclic) bond motifs is 4. The van der Waals surface area contributed by atoms with E-state index in [1.807, 2.05) is 17.0 Å². The summed E-state index contributed by atoms with van der Waals surface area (Å²) in [7, 11) is 1.64. The third-order valence-electron chi connectivity index (χ3n) is 7.86. The van der Waals surface area contributed by atoms with Gasteiger partial charge in [0.05, 0.1) is 39.5 Å². The normalized spacial score (nSPS) is 22.7. The number of carbonyl (C=O) groups excluding carboxylic acids is 2. The topological polar surface area (TPSA) is 98.3 Å². The molecule has 0 bridgehead atoms. The number of piperidine rings is 1. The van der Waals surface area contributed by atoms with Crippen molar-refractivity contribution in [2.75, 3.05) is 66.2 Å². The molecule has 2 N–H and O–H groups in total. The van der Waals surface area contributed by atoms with Crippen LogP contribution in [0, 0.1) is 0 Å². The van der Waals surface area contributed by atoms with Crippen LogP contribution in [0.15, 0.2) is 18.2 Å². The minimum Gasteiger partial charge on any atom is -0.497 e. The Kier molecular flexibility index (Phi) is 6.26. The fraction of sp³-hybridized carbons (Fsp3) is 0.600. The zero-order valence-corrected chi connectivity index (χ0v) is 20.0. The Morgan fingerprint density at radius 3 is 2.59 bits per heavy atom. The standard InChI is InChI=1S/C25H34N4O5/c1-17(31)29-16-25(5-7-28(8-6-25)22(32)14-27-9-11-34-12-10-27)23-19-4-3-18(33-2)13-20(19)26-24(23)21(29)15-30/h3-4,13,21,26,30H,5-12,14-16H2,1-2H3/t21-/m0/s1. The molecule has 9 nitrogen and oxygen atoms in total. The van der Waals surface area contributed by atoms with Crippen LogP contribution in [0.4, 0.5) is 0 Å². The largest absolute Gasteiger partial charge is 0.497 e. The molecule has 4 heterocycles. The number of benzene rings is 1. The van der Waals surface area contributed by atoms with Gasteiger partial charge in [-0.3, -0.25) is 14.5 Å². The van der Waals surface area contributed by atoms with Gasteiger partial charge in [0.15, 0.2) is 0 Å². The molecule has 2 fully saturated rings. The van der Waals surface area contributed by atoms with Crippen LogP contribution < -0.4 is 4.74 Å². The number of likely N-dealkylation sites (tertiary alicyclic amines) is 1. The van der Waals surface area contributed by atoms with Gasteiger partial charge in [-0.2, -0.15) is 0 Å². The second-order valence-electron chi connectivity index (χ2n) is 9.72. The fourth-order valence-corrected chi connectivity index (χ4v) is 5.98. The summed E-state index contributed by atoms with van der Waals surface area (Å²) in [4.78, 5) is 35.0. The Hall–Kier alpha value is -2.62. The number of morpholine rings is 1. The molecule has 5 rings (SSSR count). The summed E-state index contributed by atoms with van der Waals surface area (Å²) in [6.45, 7) is 6.65. The molecule has 3 aliphatic heterocycles. The van der Waals surface area contributed by atoms with Gasteiger partial charge in [0, 0.05) is 67.7 Å². The van der Waals surface area contributed by atoms with E-state index in [-0.39, 0.29) is 23.8 Å². The third-order valence-corrected chi connectivity index (χ3v) is 7.86. The fourth-order valence-electron chi connectivity index (χ4n) is 5.98. The Morgan fingerprint density at radius 2 is 1.94 bits per heavy atom. The summed E-state index contributed by atoms with van der Waals surface area (Å²) in [6.07, 6.45) is 1.55. The quantitative estimate of drug-likeness (QED) is 0.698. The van der Waals surface area contributed by atoms with Gasteiger partial charge in [-0.25, -0.2) is 0 Å². The Bertz CT molecular complexity index is 1070. The maximum absolute atomic E-state index is 13.0. The van der Waals surface area contributed by atoms with Crippen LogP contribution in [-0.4, -0.2) is 103 Å². The van der Waals surface area contributed by atoms with E-state index in [2.05, 4.69) is 16.0 Å². The van der Waals surface area contributed by atoms with Gasteiger partial charge in [0.2, 0.25) is 11.8 Å². The van der Waals surface area contributed by atoms with Gasteiger partial charge < -0.3 is 29.4 Å². The summed E-state index contributed by atoms with van der Waals surface area (Å²) in [6, 6.07) is 5.59. The van der Waals surface area contributed by atoms with Crippen LogP contribution in [0.2, 0.25) is 0 Å². The van der Waals surface area contributed by atoms with E-state index in [9.17, 15) is 14.7 Å². The minimum absolute atomic E-state index is 0.0499. The lowest BCUT2D eigenvalue weighted by Crippen LogP contribution is -2.56. The van der Waals surface area contributed by atoms with E-state index in [0.717, 1.165) is 48.3 Å². The number of amides is 2. The van der Waals surface area contributed by atoms with Gasteiger partial charge in [-0.1, -0.05) is 0 Å². The van der Waals surface area contributed by atoms with Gasteiger partial charge in [-0.15, -0.1) is 0 Å². The molecule has 0 radical (unpaired) electrons. The number of nitrogens with one attached hydrogen (secondary N) is 1. The average Bonchev–Trinajstić information content (AvgIpc) is 3.24. The van der Waals surface area contributed by atoms with Gasteiger partial charge in [0.25, 0.3) is 0 Å². The molecule has 3 aliphatic rings. The lowest BCUT2D eigenvalue weighted by atomic mass is 9.68. The van der Waals surface area contributed by atoms with Crippen molar-refractivity contribution in [1.29, 1.82) is 0 Å². The molecule has 184 valence electrons. The number of carbonyl (C=O) groups is 2. The number of nitrogens with zero attached hydrogens (tertiary/aromatic N) is 3. The van der Waals surface area contributed by atoms with Crippen molar-refractivity contribution in [2.24, 2.45) is 0 Å². The molecule has 1 atom stereocenters. The molecular weight excluding hydrogens is 436 g/mol. The minimum atomic E-state index is -0.405. The molecule has 34 heavy (non-hydrogen) atoms. The average molecular weight is 471 g/mol. The number of hydrogen-bond donors (Lipinski definition) is 2. The molecule has 2 amide bonds. The van der Waals surface area contributed by atoms with E-state index in [0.29, 0.717) is 39.4 Å². The number of rotatable bonds is 4. The monoisotopic (exact) mass is 470 g/mol. The number of ether oxygens (including phenoxy) is 2. The van der Waals surface area contributed by atoms with E-state index in [4.69, 9.17) is 9.47 Å². The van der Waals surface area contributed by atoms with Crippen LogP contribution in [0.5, 0.6) is 5.75 Å². The van der Waals surface area contributed by atoms with Crippen LogP contribution in [-0.2, 0) is 19.7 Å².